The fourth-order valence-electron chi connectivity index (χ4n) is 4.25. The number of hydrogen-bond acceptors (Lipinski definition) is 7. The molecule has 2 heterocycles. The molecule has 1 aromatic carbocycles. The van der Waals surface area contributed by atoms with Gasteiger partial charge in [-0.1, -0.05) is 12.1 Å². The van der Waals surface area contributed by atoms with E-state index < -0.39 is 40.6 Å². The highest BCUT2D eigenvalue weighted by molar-refractivity contribution is 5.91. The molecular weight excluding hydrogens is 496 g/mol. The largest absolute Gasteiger partial charge is 0.466 e. The van der Waals surface area contributed by atoms with Crippen molar-refractivity contribution in [2.45, 2.75) is 44.4 Å². The third kappa shape index (κ3) is 5.68. The maximum Gasteiger partial charge on any atom is 0.335 e. The van der Waals surface area contributed by atoms with Crippen LogP contribution in [-0.4, -0.2) is 34.1 Å². The smallest absolute Gasteiger partial charge is 0.335 e. The summed E-state index contributed by atoms with van der Waals surface area (Å²) < 4.78 is 65.4. The number of carbonyl (C=O) groups excluding carboxylic acids is 2. The van der Waals surface area contributed by atoms with Crippen LogP contribution in [0.4, 0.5) is 17.6 Å². The van der Waals surface area contributed by atoms with Gasteiger partial charge in [0.1, 0.15) is 17.3 Å². The van der Waals surface area contributed by atoms with Crippen molar-refractivity contribution in [2.75, 3.05) is 7.11 Å². The number of aryl methyl sites for hydroxylation is 1. The van der Waals surface area contributed by atoms with Crippen LogP contribution in [0.1, 0.15) is 44.1 Å². The number of carbonyl (C=O) groups is 2. The minimum atomic E-state index is -1.32. The first-order chi connectivity index (χ1) is 17.6. The first-order valence-electron chi connectivity index (χ1n) is 11.3. The van der Waals surface area contributed by atoms with Gasteiger partial charge in [-0.05, 0) is 37.5 Å². The molecule has 1 N–H and O–H groups in total. The number of halogens is 4. The standard InChI is InChI=1S/C25H22F4N4O4/c1-25(16-9-14(27)10-17(28)22(16)29)8-7-15(24(35)36-2)19(11-25)31-20(34)5-6-21-32-23(33-37-21)18-4-3-13(26)12-30-18/h3-4,9-10,12H,5-8,11H2,1-2H3,(H,31,34)/t25-/m0/s1. The summed E-state index contributed by atoms with van der Waals surface area (Å²) in [6.45, 7) is 1.61. The van der Waals surface area contributed by atoms with E-state index in [4.69, 9.17) is 9.26 Å². The van der Waals surface area contributed by atoms with Crippen molar-refractivity contribution >= 4 is 11.9 Å². The van der Waals surface area contributed by atoms with Crippen molar-refractivity contribution in [2.24, 2.45) is 0 Å². The quantitative estimate of drug-likeness (QED) is 0.282. The predicted octanol–water partition coefficient (Wildman–Crippen LogP) is 4.31. The van der Waals surface area contributed by atoms with E-state index in [-0.39, 0.29) is 66.3 Å². The van der Waals surface area contributed by atoms with Crippen molar-refractivity contribution in [3.8, 4) is 11.5 Å². The van der Waals surface area contributed by atoms with E-state index in [1.807, 2.05) is 0 Å². The van der Waals surface area contributed by atoms with Gasteiger partial charge in [-0.3, -0.25) is 4.79 Å². The molecule has 2 aromatic heterocycles. The van der Waals surface area contributed by atoms with Crippen molar-refractivity contribution < 1.29 is 36.4 Å². The molecule has 12 heteroatoms. The minimum Gasteiger partial charge on any atom is -0.466 e. The lowest BCUT2D eigenvalue weighted by atomic mass is 9.70. The molecule has 4 rings (SSSR count). The molecule has 0 bridgehead atoms. The molecule has 0 radical (unpaired) electrons. The number of pyridine rings is 1. The van der Waals surface area contributed by atoms with Gasteiger partial charge in [-0.25, -0.2) is 27.3 Å². The molecule has 0 saturated carbocycles. The van der Waals surface area contributed by atoms with Gasteiger partial charge in [-0.15, -0.1) is 0 Å². The Kier molecular flexibility index (Phi) is 7.37. The second kappa shape index (κ2) is 10.5. The lowest BCUT2D eigenvalue weighted by molar-refractivity contribution is -0.136. The molecule has 0 aliphatic heterocycles. The lowest BCUT2D eigenvalue weighted by Gasteiger charge is -2.36. The van der Waals surface area contributed by atoms with Crippen LogP contribution in [0.25, 0.3) is 11.5 Å². The number of allylic oxidation sites excluding steroid dienone is 1. The third-order valence-corrected chi connectivity index (χ3v) is 6.21. The predicted molar refractivity (Wildman–Crippen MR) is 121 cm³/mol. The SMILES string of the molecule is COC(=O)C1=C(NC(=O)CCc2nc(-c3ccc(F)cn3)no2)C[C@@](C)(c2cc(F)cc(F)c2F)CC1. The van der Waals surface area contributed by atoms with Crippen LogP contribution in [0.5, 0.6) is 0 Å². The molecule has 1 amide bonds. The molecule has 3 aromatic rings. The zero-order valence-corrected chi connectivity index (χ0v) is 19.9. The van der Waals surface area contributed by atoms with E-state index in [0.29, 0.717) is 6.07 Å². The van der Waals surface area contributed by atoms with E-state index >= 15 is 0 Å². The number of ether oxygens (including phenoxy) is 1. The Hall–Kier alpha value is -4.09. The Labute approximate surface area is 208 Å². The van der Waals surface area contributed by atoms with Gasteiger partial charge in [0.2, 0.25) is 17.6 Å². The van der Waals surface area contributed by atoms with Gasteiger partial charge in [0.25, 0.3) is 0 Å². The van der Waals surface area contributed by atoms with Crippen molar-refractivity contribution in [1.82, 2.24) is 20.4 Å². The monoisotopic (exact) mass is 518 g/mol. The fourth-order valence-corrected chi connectivity index (χ4v) is 4.25. The lowest BCUT2D eigenvalue weighted by Crippen LogP contribution is -2.36. The van der Waals surface area contributed by atoms with Crippen LogP contribution < -0.4 is 5.32 Å². The van der Waals surface area contributed by atoms with Crippen LogP contribution in [0.2, 0.25) is 0 Å². The summed E-state index contributed by atoms with van der Waals surface area (Å²) in [4.78, 5) is 33.1. The average Bonchev–Trinajstić information content (AvgIpc) is 3.34. The Morgan fingerprint density at radius 1 is 1.16 bits per heavy atom. The van der Waals surface area contributed by atoms with E-state index in [0.717, 1.165) is 12.3 Å². The minimum absolute atomic E-state index is 0.0435. The molecule has 0 saturated heterocycles. The Balaban J connectivity index is 1.49. The Morgan fingerprint density at radius 2 is 1.95 bits per heavy atom. The number of esters is 1. The third-order valence-electron chi connectivity index (χ3n) is 6.21. The molecule has 194 valence electrons. The summed E-state index contributed by atoms with van der Waals surface area (Å²) in [6, 6.07) is 3.95. The van der Waals surface area contributed by atoms with Crippen LogP contribution in [0, 0.1) is 23.3 Å². The Morgan fingerprint density at radius 3 is 2.65 bits per heavy atom. The van der Waals surface area contributed by atoms with Crippen LogP contribution in [-0.2, 0) is 26.2 Å². The number of amides is 1. The van der Waals surface area contributed by atoms with E-state index in [2.05, 4.69) is 20.4 Å². The van der Waals surface area contributed by atoms with Gasteiger partial charge >= 0.3 is 5.97 Å². The molecule has 1 aliphatic carbocycles. The highest BCUT2D eigenvalue weighted by Crippen LogP contribution is 2.43. The number of methoxy groups -OCH3 is 1. The summed E-state index contributed by atoms with van der Waals surface area (Å²) in [5.74, 6) is -4.88. The zero-order chi connectivity index (χ0) is 26.7. The van der Waals surface area contributed by atoms with Gasteiger partial charge in [0, 0.05) is 35.6 Å². The molecule has 37 heavy (non-hydrogen) atoms. The number of nitrogens with zero attached hydrogens (tertiary/aromatic N) is 3. The van der Waals surface area contributed by atoms with E-state index in [1.165, 1.54) is 19.2 Å². The maximum atomic E-state index is 14.6. The zero-order valence-electron chi connectivity index (χ0n) is 19.9. The van der Waals surface area contributed by atoms with Gasteiger partial charge in [0.05, 0.1) is 18.9 Å². The maximum absolute atomic E-state index is 14.6. The van der Waals surface area contributed by atoms with Gasteiger partial charge in [0.15, 0.2) is 11.6 Å². The molecule has 0 spiro atoms. The summed E-state index contributed by atoms with van der Waals surface area (Å²) >= 11 is 0. The first-order valence-corrected chi connectivity index (χ1v) is 11.3. The van der Waals surface area contributed by atoms with Gasteiger partial charge in [-0.2, -0.15) is 4.98 Å². The molecule has 1 aliphatic rings. The summed E-state index contributed by atoms with van der Waals surface area (Å²) in [7, 11) is 1.19. The van der Waals surface area contributed by atoms with Crippen LogP contribution >= 0.6 is 0 Å². The Bertz CT molecular complexity index is 1370. The van der Waals surface area contributed by atoms with Crippen molar-refractivity contribution in [3.63, 3.8) is 0 Å². The summed E-state index contributed by atoms with van der Waals surface area (Å²) in [6.07, 6.45) is 1.15. The van der Waals surface area contributed by atoms with Gasteiger partial charge < -0.3 is 14.6 Å². The first kappa shape index (κ1) is 26.0. The molecule has 8 nitrogen and oxygen atoms in total. The van der Waals surface area contributed by atoms with Crippen LogP contribution in [0.15, 0.2) is 46.3 Å². The number of benzene rings is 1. The number of rotatable bonds is 7. The van der Waals surface area contributed by atoms with Crippen molar-refractivity contribution in [3.05, 3.63) is 76.5 Å². The molecule has 1 atom stereocenters. The number of hydrogen-bond donors (Lipinski definition) is 1. The second-order valence-corrected chi connectivity index (χ2v) is 8.86. The van der Waals surface area contributed by atoms with Crippen LogP contribution in [0.3, 0.4) is 0 Å². The summed E-state index contributed by atoms with van der Waals surface area (Å²) in [5, 5.41) is 6.42. The normalized spacial score (nSPS) is 17.6. The highest BCUT2D eigenvalue weighted by Gasteiger charge is 2.38. The topological polar surface area (TPSA) is 107 Å². The van der Waals surface area contributed by atoms with E-state index in [1.54, 1.807) is 6.92 Å². The molecule has 0 fully saturated rings. The van der Waals surface area contributed by atoms with E-state index in [9.17, 15) is 27.2 Å². The highest BCUT2D eigenvalue weighted by atomic mass is 19.2. The molecular formula is C25H22F4N4O4. The molecule has 0 unspecified atom stereocenters. The number of aromatic nitrogens is 3. The van der Waals surface area contributed by atoms with Crippen molar-refractivity contribution in [1.29, 1.82) is 0 Å². The average molecular weight is 518 g/mol. The second-order valence-electron chi connectivity index (χ2n) is 8.86. The number of nitrogens with one attached hydrogen (secondary N) is 1. The summed E-state index contributed by atoms with van der Waals surface area (Å²) in [5.41, 5.74) is -0.634. The fraction of sp³-hybridized carbons (Fsp3) is 0.320.